The second kappa shape index (κ2) is 4.59. The largest absolute Gasteiger partial charge is 0.382 e. The van der Waals surface area contributed by atoms with Gasteiger partial charge in [-0.05, 0) is 36.2 Å². The van der Waals surface area contributed by atoms with Gasteiger partial charge in [0.1, 0.15) is 6.10 Å². The van der Waals surface area contributed by atoms with E-state index in [1.165, 1.54) is 6.07 Å². The lowest BCUT2D eigenvalue weighted by Gasteiger charge is -2.10. The van der Waals surface area contributed by atoms with Gasteiger partial charge in [-0.25, -0.2) is 8.78 Å². The van der Waals surface area contributed by atoms with E-state index in [1.807, 2.05) is 6.92 Å². The Kier molecular flexibility index (Phi) is 3.15. The molecule has 17 heavy (non-hydrogen) atoms. The first-order valence-electron chi connectivity index (χ1n) is 5.13. The number of aliphatic hydroxyl groups excluding tert-OH is 1. The molecule has 1 aromatic heterocycles. The normalized spacial score (nSPS) is 12.5. The van der Waals surface area contributed by atoms with Crippen molar-refractivity contribution in [2.24, 2.45) is 0 Å². The molecule has 0 fully saturated rings. The SMILES string of the molecule is Cc1ccc(C(O)c2ccc(F)c(F)c2)nc1. The van der Waals surface area contributed by atoms with Gasteiger partial charge < -0.3 is 5.11 Å². The summed E-state index contributed by atoms with van der Waals surface area (Å²) in [6.07, 6.45) is 0.559. The average Bonchev–Trinajstić information content (AvgIpc) is 2.33. The van der Waals surface area contributed by atoms with Crippen LogP contribution in [0.3, 0.4) is 0 Å². The van der Waals surface area contributed by atoms with Gasteiger partial charge >= 0.3 is 0 Å². The molecule has 1 heterocycles. The van der Waals surface area contributed by atoms with Crippen molar-refractivity contribution in [2.75, 3.05) is 0 Å². The highest BCUT2D eigenvalue weighted by molar-refractivity contribution is 5.27. The molecule has 0 bridgehead atoms. The van der Waals surface area contributed by atoms with E-state index >= 15 is 0 Å². The van der Waals surface area contributed by atoms with Crippen LogP contribution in [0.5, 0.6) is 0 Å². The van der Waals surface area contributed by atoms with Gasteiger partial charge in [0.25, 0.3) is 0 Å². The summed E-state index contributed by atoms with van der Waals surface area (Å²) >= 11 is 0. The number of aryl methyl sites for hydroxylation is 1. The fourth-order valence-corrected chi connectivity index (χ4v) is 1.49. The highest BCUT2D eigenvalue weighted by Gasteiger charge is 2.13. The van der Waals surface area contributed by atoms with Gasteiger partial charge in [0.05, 0.1) is 5.69 Å². The molecule has 0 amide bonds. The summed E-state index contributed by atoms with van der Waals surface area (Å²) in [5.41, 5.74) is 1.65. The molecule has 1 unspecified atom stereocenters. The zero-order chi connectivity index (χ0) is 12.4. The van der Waals surface area contributed by atoms with E-state index in [0.29, 0.717) is 5.69 Å². The summed E-state index contributed by atoms with van der Waals surface area (Å²) < 4.78 is 25.8. The van der Waals surface area contributed by atoms with Gasteiger partial charge in [-0.2, -0.15) is 0 Å². The third kappa shape index (κ3) is 2.47. The van der Waals surface area contributed by atoms with E-state index in [0.717, 1.165) is 17.7 Å². The number of pyridine rings is 1. The van der Waals surface area contributed by atoms with Crippen LogP contribution in [0.4, 0.5) is 8.78 Å². The van der Waals surface area contributed by atoms with Crippen LogP contribution in [0.25, 0.3) is 0 Å². The first-order valence-corrected chi connectivity index (χ1v) is 5.13. The van der Waals surface area contributed by atoms with Crippen LogP contribution in [0.2, 0.25) is 0 Å². The number of rotatable bonds is 2. The molecular weight excluding hydrogens is 224 g/mol. The predicted octanol–water partition coefficient (Wildman–Crippen LogP) is 2.75. The lowest BCUT2D eigenvalue weighted by atomic mass is 10.1. The van der Waals surface area contributed by atoms with Gasteiger partial charge in [-0.3, -0.25) is 4.98 Å². The van der Waals surface area contributed by atoms with Crippen LogP contribution < -0.4 is 0 Å². The second-order valence-corrected chi connectivity index (χ2v) is 3.84. The molecule has 0 aliphatic heterocycles. The second-order valence-electron chi connectivity index (χ2n) is 3.84. The van der Waals surface area contributed by atoms with E-state index < -0.39 is 17.7 Å². The standard InChI is InChI=1S/C13H11F2NO/c1-8-2-5-12(16-7-8)13(17)9-3-4-10(14)11(15)6-9/h2-7,13,17H,1H3. The first kappa shape index (κ1) is 11.7. The molecule has 1 aromatic carbocycles. The first-order chi connectivity index (χ1) is 8.08. The molecule has 0 aliphatic carbocycles. The zero-order valence-electron chi connectivity index (χ0n) is 9.19. The lowest BCUT2D eigenvalue weighted by Crippen LogP contribution is -2.03. The van der Waals surface area contributed by atoms with Crippen molar-refractivity contribution in [2.45, 2.75) is 13.0 Å². The Balaban J connectivity index is 2.33. The van der Waals surface area contributed by atoms with E-state index in [1.54, 1.807) is 18.3 Å². The van der Waals surface area contributed by atoms with Crippen LogP contribution in [0, 0.1) is 18.6 Å². The van der Waals surface area contributed by atoms with Crippen molar-refractivity contribution >= 4 is 0 Å². The van der Waals surface area contributed by atoms with Crippen molar-refractivity contribution in [3.8, 4) is 0 Å². The van der Waals surface area contributed by atoms with Crippen LogP contribution in [0.1, 0.15) is 22.9 Å². The maximum atomic E-state index is 13.0. The molecule has 0 spiro atoms. The average molecular weight is 235 g/mol. The zero-order valence-corrected chi connectivity index (χ0v) is 9.19. The molecule has 2 nitrogen and oxygen atoms in total. The van der Waals surface area contributed by atoms with E-state index in [2.05, 4.69) is 4.98 Å². The van der Waals surface area contributed by atoms with Gasteiger partial charge in [0.2, 0.25) is 0 Å². The third-order valence-electron chi connectivity index (χ3n) is 2.47. The van der Waals surface area contributed by atoms with Gasteiger partial charge in [-0.15, -0.1) is 0 Å². The Labute approximate surface area is 97.6 Å². The number of halogens is 2. The van der Waals surface area contributed by atoms with Crippen LogP contribution in [-0.2, 0) is 0 Å². The highest BCUT2D eigenvalue weighted by Crippen LogP contribution is 2.21. The summed E-state index contributed by atoms with van der Waals surface area (Å²) in [4.78, 5) is 4.04. The molecule has 0 radical (unpaired) electrons. The molecule has 2 rings (SSSR count). The maximum Gasteiger partial charge on any atom is 0.159 e. The minimum atomic E-state index is -1.05. The Bertz CT molecular complexity index is 525. The van der Waals surface area contributed by atoms with Crippen LogP contribution in [0.15, 0.2) is 36.5 Å². The Hall–Kier alpha value is -1.81. The van der Waals surface area contributed by atoms with Crippen LogP contribution in [-0.4, -0.2) is 10.1 Å². The van der Waals surface area contributed by atoms with Gasteiger partial charge in [0, 0.05) is 6.20 Å². The number of hydrogen-bond donors (Lipinski definition) is 1. The van der Waals surface area contributed by atoms with Crippen molar-refractivity contribution in [1.82, 2.24) is 4.98 Å². The smallest absolute Gasteiger partial charge is 0.159 e. The van der Waals surface area contributed by atoms with E-state index in [9.17, 15) is 13.9 Å². The van der Waals surface area contributed by atoms with Gasteiger partial charge in [0.15, 0.2) is 11.6 Å². The molecule has 0 saturated carbocycles. The lowest BCUT2D eigenvalue weighted by molar-refractivity contribution is 0.214. The summed E-state index contributed by atoms with van der Waals surface area (Å²) in [5, 5.41) is 9.95. The van der Waals surface area contributed by atoms with Crippen molar-refractivity contribution < 1.29 is 13.9 Å². The molecule has 0 saturated heterocycles. The molecule has 2 aromatic rings. The molecular formula is C13H11F2NO. The molecule has 1 N–H and O–H groups in total. The van der Waals surface area contributed by atoms with Crippen molar-refractivity contribution in [1.29, 1.82) is 0 Å². The van der Waals surface area contributed by atoms with E-state index in [-0.39, 0.29) is 5.56 Å². The minimum absolute atomic E-state index is 0.278. The topological polar surface area (TPSA) is 33.1 Å². The van der Waals surface area contributed by atoms with E-state index in [4.69, 9.17) is 0 Å². The summed E-state index contributed by atoms with van der Waals surface area (Å²) in [5.74, 6) is -1.91. The molecule has 88 valence electrons. The fraction of sp³-hybridized carbons (Fsp3) is 0.154. The quantitative estimate of drug-likeness (QED) is 0.868. The number of nitrogens with zero attached hydrogens (tertiary/aromatic N) is 1. The number of benzene rings is 1. The van der Waals surface area contributed by atoms with Crippen LogP contribution >= 0.6 is 0 Å². The predicted molar refractivity (Wildman–Crippen MR) is 59.4 cm³/mol. The summed E-state index contributed by atoms with van der Waals surface area (Å²) in [6, 6.07) is 6.75. The fourth-order valence-electron chi connectivity index (χ4n) is 1.49. The highest BCUT2D eigenvalue weighted by atomic mass is 19.2. The maximum absolute atomic E-state index is 13.0. The third-order valence-corrected chi connectivity index (χ3v) is 2.47. The van der Waals surface area contributed by atoms with Gasteiger partial charge in [-0.1, -0.05) is 12.1 Å². The summed E-state index contributed by atoms with van der Waals surface area (Å²) in [6.45, 7) is 1.88. The molecule has 4 heteroatoms. The number of aliphatic hydroxyl groups is 1. The number of aromatic nitrogens is 1. The monoisotopic (exact) mass is 235 g/mol. The minimum Gasteiger partial charge on any atom is -0.382 e. The Morgan fingerprint density at radius 2 is 1.88 bits per heavy atom. The van der Waals surface area contributed by atoms with Crippen molar-refractivity contribution in [3.05, 3.63) is 65.0 Å². The number of hydrogen-bond acceptors (Lipinski definition) is 2. The Morgan fingerprint density at radius 3 is 2.47 bits per heavy atom. The summed E-state index contributed by atoms with van der Waals surface area (Å²) in [7, 11) is 0. The molecule has 1 atom stereocenters. The van der Waals surface area contributed by atoms with Crippen molar-refractivity contribution in [3.63, 3.8) is 0 Å². The Morgan fingerprint density at radius 1 is 1.12 bits per heavy atom. The molecule has 0 aliphatic rings.